The number of aliphatic hydroxyl groups excluding tert-OH is 1. The predicted octanol–water partition coefficient (Wildman–Crippen LogP) is 1.31. The van der Waals surface area contributed by atoms with E-state index in [1.807, 2.05) is 0 Å². The Morgan fingerprint density at radius 2 is 1.96 bits per heavy atom. The molecule has 0 bridgehead atoms. The lowest BCUT2D eigenvalue weighted by atomic mass is 9.87. The van der Waals surface area contributed by atoms with Crippen molar-refractivity contribution in [2.45, 2.75) is 56.1 Å². The molecule has 1 saturated heterocycles. The minimum absolute atomic E-state index is 0.0285. The van der Waals surface area contributed by atoms with E-state index in [1.54, 1.807) is 11.8 Å². The van der Waals surface area contributed by atoms with Gasteiger partial charge in [0.05, 0.1) is 17.0 Å². The molecule has 1 spiro atoms. The summed E-state index contributed by atoms with van der Waals surface area (Å²) in [5.41, 5.74) is 0. The van der Waals surface area contributed by atoms with Crippen LogP contribution in [0.15, 0.2) is 4.99 Å². The molecule has 0 amide bonds. The molecule has 2 N–H and O–H groups in total. The number of hydrogen-bond donors (Lipinski definition) is 2. The first-order chi connectivity index (χ1) is 11.6. The van der Waals surface area contributed by atoms with Gasteiger partial charge < -0.3 is 15.3 Å². The molecule has 1 unspecified atom stereocenters. The fourth-order valence-electron chi connectivity index (χ4n) is 3.52. The zero-order valence-corrected chi connectivity index (χ0v) is 15.2. The first kappa shape index (κ1) is 20.3. The van der Waals surface area contributed by atoms with Gasteiger partial charge in [0.1, 0.15) is 0 Å². The first-order valence-electron chi connectivity index (χ1n) is 8.62. The SMILES string of the molecule is CCNC(=NCC(O)C(F)(F)F)N1CCS(=O)(=O)C2(CCCCC2)C1. The van der Waals surface area contributed by atoms with Gasteiger partial charge in [-0.05, 0) is 19.8 Å². The van der Waals surface area contributed by atoms with Crippen molar-refractivity contribution in [3.05, 3.63) is 0 Å². The molecular weight excluding hydrogens is 359 g/mol. The number of hydrogen-bond acceptors (Lipinski definition) is 4. The van der Waals surface area contributed by atoms with Gasteiger partial charge in [-0.15, -0.1) is 0 Å². The zero-order valence-electron chi connectivity index (χ0n) is 14.3. The summed E-state index contributed by atoms with van der Waals surface area (Å²) < 4.78 is 61.8. The van der Waals surface area contributed by atoms with Crippen molar-refractivity contribution in [1.82, 2.24) is 10.2 Å². The maximum absolute atomic E-state index is 12.6. The quantitative estimate of drug-likeness (QED) is 0.566. The van der Waals surface area contributed by atoms with E-state index in [0.29, 0.717) is 19.4 Å². The van der Waals surface area contributed by atoms with E-state index in [9.17, 15) is 21.6 Å². The predicted molar refractivity (Wildman–Crippen MR) is 89.2 cm³/mol. The van der Waals surface area contributed by atoms with Crippen LogP contribution < -0.4 is 5.32 Å². The van der Waals surface area contributed by atoms with Crippen molar-refractivity contribution in [2.75, 3.05) is 31.9 Å². The highest BCUT2D eigenvalue weighted by molar-refractivity contribution is 7.92. The number of nitrogens with zero attached hydrogens (tertiary/aromatic N) is 2. The lowest BCUT2D eigenvalue weighted by Gasteiger charge is -2.45. The number of rotatable bonds is 3. The lowest BCUT2D eigenvalue weighted by molar-refractivity contribution is -0.199. The topological polar surface area (TPSA) is 82.0 Å². The second-order valence-corrected chi connectivity index (χ2v) is 9.24. The molecule has 0 aromatic rings. The van der Waals surface area contributed by atoms with Crippen LogP contribution in [0.4, 0.5) is 13.2 Å². The van der Waals surface area contributed by atoms with Crippen LogP contribution in [0.2, 0.25) is 0 Å². The largest absolute Gasteiger partial charge is 0.416 e. The number of alkyl halides is 3. The van der Waals surface area contributed by atoms with E-state index in [-0.39, 0.29) is 24.8 Å². The number of aliphatic imine (C=N–C) groups is 1. The van der Waals surface area contributed by atoms with Crippen LogP contribution in [0.5, 0.6) is 0 Å². The molecule has 1 atom stereocenters. The molecule has 1 saturated carbocycles. The van der Waals surface area contributed by atoms with Crippen LogP contribution in [-0.4, -0.2) is 73.3 Å². The summed E-state index contributed by atoms with van der Waals surface area (Å²) in [5.74, 6) is 0.199. The Bertz CT molecular complexity index is 587. The van der Waals surface area contributed by atoms with Crippen molar-refractivity contribution in [3.63, 3.8) is 0 Å². The van der Waals surface area contributed by atoms with Gasteiger partial charge in [0.15, 0.2) is 21.9 Å². The molecule has 146 valence electrons. The van der Waals surface area contributed by atoms with Crippen LogP contribution >= 0.6 is 0 Å². The lowest BCUT2D eigenvalue weighted by Crippen LogP contribution is -2.60. The highest BCUT2D eigenvalue weighted by Crippen LogP contribution is 2.38. The number of halogens is 3. The summed E-state index contributed by atoms with van der Waals surface area (Å²) >= 11 is 0. The number of guanidine groups is 1. The van der Waals surface area contributed by atoms with Crippen LogP contribution in [0, 0.1) is 0 Å². The van der Waals surface area contributed by atoms with Gasteiger partial charge in [-0.25, -0.2) is 8.42 Å². The van der Waals surface area contributed by atoms with Crippen molar-refractivity contribution in [1.29, 1.82) is 0 Å². The van der Waals surface area contributed by atoms with Gasteiger partial charge in [0, 0.05) is 19.6 Å². The third kappa shape index (κ3) is 4.58. The molecule has 0 radical (unpaired) electrons. The number of aliphatic hydroxyl groups is 1. The molecule has 6 nitrogen and oxygen atoms in total. The van der Waals surface area contributed by atoms with E-state index >= 15 is 0 Å². The van der Waals surface area contributed by atoms with Crippen LogP contribution in [0.3, 0.4) is 0 Å². The van der Waals surface area contributed by atoms with Crippen LogP contribution in [0.1, 0.15) is 39.0 Å². The summed E-state index contributed by atoms with van der Waals surface area (Å²) in [4.78, 5) is 5.62. The van der Waals surface area contributed by atoms with Gasteiger partial charge >= 0.3 is 6.18 Å². The Balaban J connectivity index is 2.18. The third-order valence-corrected chi connectivity index (χ3v) is 7.54. The van der Waals surface area contributed by atoms with E-state index in [0.717, 1.165) is 19.3 Å². The van der Waals surface area contributed by atoms with Crippen LogP contribution in [0.25, 0.3) is 0 Å². The molecular formula is C15H26F3N3O3S. The summed E-state index contributed by atoms with van der Waals surface area (Å²) in [6.45, 7) is 1.85. The molecule has 2 rings (SSSR count). The number of sulfone groups is 1. The molecule has 0 aromatic heterocycles. The minimum Gasteiger partial charge on any atom is -0.382 e. The van der Waals surface area contributed by atoms with E-state index in [2.05, 4.69) is 10.3 Å². The fourth-order valence-corrected chi connectivity index (χ4v) is 5.68. The summed E-state index contributed by atoms with van der Waals surface area (Å²) in [6.07, 6.45) is -3.41. The smallest absolute Gasteiger partial charge is 0.382 e. The molecule has 1 aliphatic carbocycles. The van der Waals surface area contributed by atoms with E-state index < -0.39 is 33.4 Å². The van der Waals surface area contributed by atoms with Crippen molar-refractivity contribution in [2.24, 2.45) is 4.99 Å². The molecule has 2 aliphatic rings. The van der Waals surface area contributed by atoms with Gasteiger partial charge in [-0.1, -0.05) is 19.3 Å². The second kappa shape index (κ2) is 7.69. The molecule has 0 aromatic carbocycles. The standard InChI is InChI=1S/C15H26F3N3O3S/c1-2-19-13(20-10-12(22)15(16,17)18)21-8-9-25(23,24)14(11-21)6-4-3-5-7-14/h12,22H,2-11H2,1H3,(H,19,20). The van der Waals surface area contributed by atoms with Crippen molar-refractivity contribution in [3.8, 4) is 0 Å². The monoisotopic (exact) mass is 385 g/mol. The summed E-state index contributed by atoms with van der Waals surface area (Å²) in [7, 11) is -3.24. The van der Waals surface area contributed by atoms with E-state index in [1.165, 1.54) is 0 Å². The highest BCUT2D eigenvalue weighted by Gasteiger charge is 2.49. The normalized spacial score (nSPS) is 25.0. The van der Waals surface area contributed by atoms with Crippen molar-refractivity contribution < 1.29 is 26.7 Å². The zero-order chi connectivity index (χ0) is 18.7. The maximum Gasteiger partial charge on any atom is 0.416 e. The fraction of sp³-hybridized carbons (Fsp3) is 0.933. The highest BCUT2D eigenvalue weighted by atomic mass is 32.2. The minimum atomic E-state index is -4.73. The second-order valence-electron chi connectivity index (χ2n) is 6.74. The summed E-state index contributed by atoms with van der Waals surface area (Å²) in [6, 6.07) is 0. The molecule has 2 fully saturated rings. The summed E-state index contributed by atoms with van der Waals surface area (Å²) in [5, 5.41) is 12.1. The average Bonchev–Trinajstić information content (AvgIpc) is 2.54. The Kier molecular flexibility index (Phi) is 6.24. The first-order valence-corrected chi connectivity index (χ1v) is 10.3. The maximum atomic E-state index is 12.6. The Morgan fingerprint density at radius 3 is 2.52 bits per heavy atom. The molecule has 1 heterocycles. The third-order valence-electron chi connectivity index (χ3n) is 4.96. The van der Waals surface area contributed by atoms with Crippen molar-refractivity contribution >= 4 is 15.8 Å². The van der Waals surface area contributed by atoms with Gasteiger partial charge in [-0.2, -0.15) is 13.2 Å². The van der Waals surface area contributed by atoms with Gasteiger partial charge in [-0.3, -0.25) is 4.99 Å². The molecule has 1 aliphatic heterocycles. The average molecular weight is 385 g/mol. The number of nitrogens with one attached hydrogen (secondary N) is 1. The Labute approximate surface area is 146 Å². The molecule has 25 heavy (non-hydrogen) atoms. The Morgan fingerprint density at radius 1 is 1.32 bits per heavy atom. The van der Waals surface area contributed by atoms with Gasteiger partial charge in [0.2, 0.25) is 0 Å². The Hall–Kier alpha value is -1.03. The van der Waals surface area contributed by atoms with Gasteiger partial charge in [0.25, 0.3) is 0 Å². The molecule has 10 heteroatoms. The van der Waals surface area contributed by atoms with Crippen LogP contribution in [-0.2, 0) is 9.84 Å². The van der Waals surface area contributed by atoms with E-state index in [4.69, 9.17) is 5.11 Å².